The van der Waals surface area contributed by atoms with Crippen LogP contribution in [0.2, 0.25) is 0 Å². The van der Waals surface area contributed by atoms with Gasteiger partial charge in [-0.15, -0.1) is 0 Å². The third-order valence-corrected chi connectivity index (χ3v) is 6.30. The lowest BCUT2D eigenvalue weighted by Gasteiger charge is -2.19. The van der Waals surface area contributed by atoms with Gasteiger partial charge in [0.1, 0.15) is 0 Å². The van der Waals surface area contributed by atoms with Gasteiger partial charge in [0.2, 0.25) is 0 Å². The second-order valence-corrected chi connectivity index (χ2v) is 8.63. The van der Waals surface area contributed by atoms with E-state index >= 15 is 0 Å². The number of benzene rings is 2. The summed E-state index contributed by atoms with van der Waals surface area (Å²) in [6, 6.07) is 16.8. The Morgan fingerprint density at radius 1 is 1.03 bits per heavy atom. The molecule has 2 aromatic carbocycles. The fourth-order valence-corrected chi connectivity index (χ4v) is 4.29. The number of aromatic nitrogens is 1. The van der Waals surface area contributed by atoms with Crippen molar-refractivity contribution in [2.75, 3.05) is 25.0 Å². The summed E-state index contributed by atoms with van der Waals surface area (Å²) in [6.45, 7) is 11.2. The molecule has 5 nitrogen and oxygen atoms in total. The van der Waals surface area contributed by atoms with Gasteiger partial charge in [-0.25, -0.2) is 4.79 Å². The lowest BCUT2D eigenvalue weighted by atomic mass is 10.1. The van der Waals surface area contributed by atoms with Crippen LogP contribution in [0, 0.1) is 27.7 Å². The second-order valence-electron chi connectivity index (χ2n) is 8.63. The first-order chi connectivity index (χ1) is 15.3. The predicted molar refractivity (Wildman–Crippen MR) is 132 cm³/mol. The summed E-state index contributed by atoms with van der Waals surface area (Å²) in [4.78, 5) is 14.3. The molecule has 32 heavy (non-hydrogen) atoms. The summed E-state index contributed by atoms with van der Waals surface area (Å²) in [7, 11) is 2.10. The highest BCUT2D eigenvalue weighted by Gasteiger charge is 2.22. The predicted octanol–water partition coefficient (Wildman–Crippen LogP) is 5.08. The van der Waals surface area contributed by atoms with Crippen molar-refractivity contribution < 1.29 is 9.90 Å². The number of hydrogen-bond acceptors (Lipinski definition) is 3. The molecule has 1 heterocycles. The summed E-state index contributed by atoms with van der Waals surface area (Å²) < 4.78 is 2.14. The quantitative estimate of drug-likeness (QED) is 0.438. The van der Waals surface area contributed by atoms with Gasteiger partial charge in [0.15, 0.2) is 0 Å². The Kier molecular flexibility index (Phi) is 7.75. The third-order valence-electron chi connectivity index (χ3n) is 6.30. The van der Waals surface area contributed by atoms with Crippen molar-refractivity contribution in [3.8, 4) is 0 Å². The minimum Gasteiger partial charge on any atom is -0.478 e. The SMILES string of the molecule is Cc1ccc(C)c(Cn2c(C)c(CNCCCN(C)c3ccccc3)c(C(=O)O)c2C)c1. The Morgan fingerprint density at radius 3 is 2.44 bits per heavy atom. The summed E-state index contributed by atoms with van der Waals surface area (Å²) in [5.74, 6) is -0.856. The van der Waals surface area contributed by atoms with Crippen LogP contribution >= 0.6 is 0 Å². The monoisotopic (exact) mass is 433 g/mol. The molecule has 0 spiro atoms. The molecular formula is C27H35N3O2. The van der Waals surface area contributed by atoms with E-state index in [-0.39, 0.29) is 0 Å². The maximum Gasteiger partial charge on any atom is 0.337 e. The Bertz CT molecular complexity index is 1070. The Hall–Kier alpha value is -3.05. The number of anilines is 1. The Balaban J connectivity index is 1.67. The molecule has 0 saturated heterocycles. The van der Waals surface area contributed by atoms with Gasteiger partial charge in [-0.2, -0.15) is 0 Å². The molecular weight excluding hydrogens is 398 g/mol. The lowest BCUT2D eigenvalue weighted by Crippen LogP contribution is -2.24. The van der Waals surface area contributed by atoms with Crippen molar-refractivity contribution in [1.29, 1.82) is 0 Å². The molecule has 2 N–H and O–H groups in total. The highest BCUT2D eigenvalue weighted by atomic mass is 16.4. The number of hydrogen-bond donors (Lipinski definition) is 2. The zero-order valence-electron chi connectivity index (χ0n) is 19.9. The minimum absolute atomic E-state index is 0.432. The lowest BCUT2D eigenvalue weighted by molar-refractivity contribution is 0.0694. The number of rotatable bonds is 10. The van der Waals surface area contributed by atoms with E-state index in [9.17, 15) is 9.90 Å². The Morgan fingerprint density at radius 2 is 1.75 bits per heavy atom. The van der Waals surface area contributed by atoms with Crippen LogP contribution in [0.25, 0.3) is 0 Å². The number of nitrogens with zero attached hydrogens (tertiary/aromatic N) is 2. The van der Waals surface area contributed by atoms with Crippen molar-refractivity contribution in [2.45, 2.75) is 47.2 Å². The van der Waals surface area contributed by atoms with Crippen LogP contribution in [0.5, 0.6) is 0 Å². The molecule has 5 heteroatoms. The van der Waals surface area contributed by atoms with E-state index in [4.69, 9.17) is 0 Å². The number of carboxylic acids is 1. The second kappa shape index (κ2) is 10.5. The van der Waals surface area contributed by atoms with Gasteiger partial charge in [-0.3, -0.25) is 0 Å². The van der Waals surface area contributed by atoms with E-state index in [1.165, 1.54) is 22.4 Å². The molecule has 3 aromatic rings. The standard InChI is InChI=1S/C27H35N3O2/c1-19-12-13-20(2)23(16-19)18-30-21(3)25(26(22(30)4)27(31)32)17-28-14-9-15-29(5)24-10-7-6-8-11-24/h6-8,10-13,16,28H,9,14-15,17-18H2,1-5H3,(H,31,32). The molecule has 0 bridgehead atoms. The van der Waals surface area contributed by atoms with E-state index in [2.05, 4.69) is 66.0 Å². The number of carbonyl (C=O) groups is 1. The van der Waals surface area contributed by atoms with Crippen LogP contribution in [0.4, 0.5) is 5.69 Å². The summed E-state index contributed by atoms with van der Waals surface area (Å²) >= 11 is 0. The van der Waals surface area contributed by atoms with Crippen molar-refractivity contribution >= 4 is 11.7 Å². The molecule has 0 amide bonds. The third kappa shape index (κ3) is 5.40. The average molecular weight is 434 g/mol. The van der Waals surface area contributed by atoms with Gasteiger partial charge < -0.3 is 19.9 Å². The topological polar surface area (TPSA) is 57.5 Å². The van der Waals surface area contributed by atoms with E-state index < -0.39 is 5.97 Å². The highest BCUT2D eigenvalue weighted by Crippen LogP contribution is 2.25. The van der Waals surface area contributed by atoms with Crippen LogP contribution in [-0.2, 0) is 13.1 Å². The van der Waals surface area contributed by atoms with E-state index in [0.717, 1.165) is 36.5 Å². The molecule has 0 atom stereocenters. The zero-order chi connectivity index (χ0) is 23.3. The maximum atomic E-state index is 12.1. The molecule has 0 unspecified atom stereocenters. The molecule has 0 aliphatic carbocycles. The minimum atomic E-state index is -0.856. The van der Waals surface area contributed by atoms with Crippen molar-refractivity contribution in [1.82, 2.24) is 9.88 Å². The maximum absolute atomic E-state index is 12.1. The van der Waals surface area contributed by atoms with Crippen LogP contribution in [0.15, 0.2) is 48.5 Å². The van der Waals surface area contributed by atoms with Gasteiger partial charge in [0, 0.05) is 49.3 Å². The summed E-state index contributed by atoms with van der Waals surface area (Å²) in [5, 5.41) is 13.4. The smallest absolute Gasteiger partial charge is 0.337 e. The number of para-hydroxylation sites is 1. The van der Waals surface area contributed by atoms with Crippen LogP contribution in [0.1, 0.15) is 50.4 Å². The van der Waals surface area contributed by atoms with E-state index in [0.29, 0.717) is 18.7 Å². The van der Waals surface area contributed by atoms with Gasteiger partial charge in [-0.1, -0.05) is 42.0 Å². The van der Waals surface area contributed by atoms with Gasteiger partial charge >= 0.3 is 5.97 Å². The largest absolute Gasteiger partial charge is 0.478 e. The van der Waals surface area contributed by atoms with E-state index in [1.807, 2.05) is 32.0 Å². The molecule has 170 valence electrons. The van der Waals surface area contributed by atoms with E-state index in [1.54, 1.807) is 0 Å². The highest BCUT2D eigenvalue weighted by molar-refractivity contribution is 5.91. The average Bonchev–Trinajstić information content (AvgIpc) is 3.00. The number of carboxylic acid groups (broad SMARTS) is 1. The molecule has 0 fully saturated rings. The van der Waals surface area contributed by atoms with Crippen molar-refractivity contribution in [2.24, 2.45) is 0 Å². The first-order valence-corrected chi connectivity index (χ1v) is 11.2. The zero-order valence-corrected chi connectivity index (χ0v) is 19.9. The fraction of sp³-hybridized carbons (Fsp3) is 0.370. The van der Waals surface area contributed by atoms with Crippen LogP contribution < -0.4 is 10.2 Å². The van der Waals surface area contributed by atoms with Gasteiger partial charge in [0.05, 0.1) is 5.56 Å². The number of aryl methyl sites for hydroxylation is 2. The number of aromatic carboxylic acids is 1. The molecule has 0 aliphatic heterocycles. The first-order valence-electron chi connectivity index (χ1n) is 11.2. The van der Waals surface area contributed by atoms with Crippen LogP contribution in [0.3, 0.4) is 0 Å². The summed E-state index contributed by atoms with van der Waals surface area (Å²) in [6.07, 6.45) is 0.981. The molecule has 0 saturated carbocycles. The molecule has 0 radical (unpaired) electrons. The summed E-state index contributed by atoms with van der Waals surface area (Å²) in [5.41, 5.74) is 8.03. The Labute approximate surface area is 191 Å². The molecule has 3 rings (SSSR count). The number of nitrogens with one attached hydrogen (secondary N) is 1. The van der Waals surface area contributed by atoms with Crippen molar-refractivity contribution in [3.63, 3.8) is 0 Å². The molecule has 0 aliphatic rings. The first kappa shape index (κ1) is 23.6. The van der Waals surface area contributed by atoms with Gasteiger partial charge in [0.25, 0.3) is 0 Å². The fourth-order valence-electron chi connectivity index (χ4n) is 4.29. The van der Waals surface area contributed by atoms with Crippen molar-refractivity contribution in [3.05, 3.63) is 87.7 Å². The van der Waals surface area contributed by atoms with Gasteiger partial charge in [-0.05, 0) is 63.9 Å². The molecule has 1 aromatic heterocycles. The van der Waals surface area contributed by atoms with Crippen LogP contribution in [-0.4, -0.2) is 35.8 Å². The normalized spacial score (nSPS) is 11.0.